The molecule has 2 fully saturated rings. The number of thiazole rings is 1. The summed E-state index contributed by atoms with van der Waals surface area (Å²) in [5, 5.41) is 15.7. The molecule has 0 radical (unpaired) electrons. The molecule has 1 saturated heterocycles. The molecule has 0 unspecified atom stereocenters. The van der Waals surface area contributed by atoms with E-state index in [1.807, 2.05) is 0 Å². The van der Waals surface area contributed by atoms with Crippen molar-refractivity contribution in [1.82, 2.24) is 20.1 Å². The van der Waals surface area contributed by atoms with Gasteiger partial charge in [-0.15, -0.1) is 11.3 Å². The van der Waals surface area contributed by atoms with Crippen molar-refractivity contribution in [3.8, 4) is 0 Å². The second kappa shape index (κ2) is 13.5. The number of ether oxygens (including phenoxy) is 1. The molecule has 234 valence electrons. The van der Waals surface area contributed by atoms with Crippen molar-refractivity contribution < 1.29 is 33.4 Å². The number of hydrogen-bond acceptors (Lipinski definition) is 8. The molecule has 1 aliphatic heterocycles. The number of ketones is 1. The van der Waals surface area contributed by atoms with E-state index in [2.05, 4.69) is 10.3 Å². The molecule has 3 amide bonds. The fourth-order valence-electron chi connectivity index (χ4n) is 5.55. The number of carbonyl (C=O) groups excluding carboxylic acids is 4. The van der Waals surface area contributed by atoms with E-state index >= 15 is 0 Å². The number of β-amino-alcohol motifs (C(OH)–C–C–N with tert-alkyl or cyclic N) is 1. The number of nitrogens with one attached hydrogen (secondary N) is 1. The van der Waals surface area contributed by atoms with Gasteiger partial charge >= 0.3 is 6.09 Å². The second-order valence-electron chi connectivity index (χ2n) is 12.5. The van der Waals surface area contributed by atoms with Gasteiger partial charge in [-0.3, -0.25) is 19.3 Å². The van der Waals surface area contributed by atoms with E-state index in [0.29, 0.717) is 10.6 Å². The number of aliphatic hydroxyl groups is 1. The van der Waals surface area contributed by atoms with E-state index in [1.54, 1.807) is 38.0 Å². The molecule has 1 aliphatic carbocycles. The van der Waals surface area contributed by atoms with Gasteiger partial charge in [0, 0.05) is 31.0 Å². The van der Waals surface area contributed by atoms with Crippen molar-refractivity contribution in [1.29, 1.82) is 0 Å². The first-order valence-corrected chi connectivity index (χ1v) is 15.6. The number of hydrogen-bond donors (Lipinski definition) is 2. The summed E-state index contributed by atoms with van der Waals surface area (Å²) in [6.45, 7) is 6.88. The third-order valence-electron chi connectivity index (χ3n) is 8.04. The fraction of sp³-hybridized carbons (Fsp3) is 0.581. The molecule has 10 nitrogen and oxygen atoms in total. The minimum absolute atomic E-state index is 0.0662. The smallest absolute Gasteiger partial charge is 0.410 e. The number of benzene rings is 1. The molecule has 2 heterocycles. The van der Waals surface area contributed by atoms with Crippen LogP contribution in [0.4, 0.5) is 9.18 Å². The number of rotatable bonds is 8. The largest absolute Gasteiger partial charge is 0.444 e. The number of amides is 3. The Morgan fingerprint density at radius 3 is 2.42 bits per heavy atom. The van der Waals surface area contributed by atoms with Gasteiger partial charge in [0.1, 0.15) is 34.2 Å². The number of carbonyl (C=O) groups is 4. The topological polar surface area (TPSA) is 129 Å². The standard InChI is InChI=1S/C31H41FN4O6S/c1-18(35(5)30(41)42-31(2,3)4)27(39)34-25(19-9-7-6-8-10-19)29(40)36-16-22(37)15-24(36)28-33-23(17-43-28)26(38)20-11-13-21(32)14-12-20/h11-14,17-19,22,24-25,37H,6-10,15-16H2,1-5H3,(H,34,39)/t18-,22-,24-,25-/m0/s1. The van der Waals surface area contributed by atoms with Gasteiger partial charge in [0.2, 0.25) is 17.6 Å². The van der Waals surface area contributed by atoms with Crippen LogP contribution < -0.4 is 5.32 Å². The highest BCUT2D eigenvalue weighted by molar-refractivity contribution is 7.10. The van der Waals surface area contributed by atoms with Crippen LogP contribution in [-0.2, 0) is 14.3 Å². The molecule has 0 bridgehead atoms. The maximum absolute atomic E-state index is 14.2. The maximum Gasteiger partial charge on any atom is 0.410 e. The number of likely N-dealkylation sites (N-methyl/N-ethyl adjacent to an activating group) is 1. The number of nitrogens with zero attached hydrogens (tertiary/aromatic N) is 3. The van der Waals surface area contributed by atoms with Gasteiger partial charge in [-0.1, -0.05) is 19.3 Å². The van der Waals surface area contributed by atoms with E-state index in [9.17, 15) is 28.7 Å². The molecule has 4 rings (SSSR count). The highest BCUT2D eigenvalue weighted by Gasteiger charge is 2.43. The van der Waals surface area contributed by atoms with Gasteiger partial charge in [-0.2, -0.15) is 0 Å². The van der Waals surface area contributed by atoms with Crippen molar-refractivity contribution in [3.05, 3.63) is 51.7 Å². The predicted molar refractivity (Wildman–Crippen MR) is 159 cm³/mol. The lowest BCUT2D eigenvalue weighted by molar-refractivity contribution is -0.140. The summed E-state index contributed by atoms with van der Waals surface area (Å²) in [6.07, 6.45) is 3.26. The molecule has 43 heavy (non-hydrogen) atoms. The van der Waals surface area contributed by atoms with Crippen LogP contribution in [0.3, 0.4) is 0 Å². The van der Waals surface area contributed by atoms with Crippen LogP contribution in [0, 0.1) is 11.7 Å². The zero-order valence-electron chi connectivity index (χ0n) is 25.3. The number of aliphatic hydroxyl groups excluding tert-OH is 1. The molecule has 0 spiro atoms. The minimum Gasteiger partial charge on any atom is -0.444 e. The Kier molecular flexibility index (Phi) is 10.2. The van der Waals surface area contributed by atoms with Gasteiger partial charge < -0.3 is 20.1 Å². The highest BCUT2D eigenvalue weighted by atomic mass is 32.1. The van der Waals surface area contributed by atoms with E-state index in [4.69, 9.17) is 4.74 Å². The van der Waals surface area contributed by atoms with Crippen LogP contribution in [0.2, 0.25) is 0 Å². The molecular formula is C31H41FN4O6S. The van der Waals surface area contributed by atoms with Gasteiger partial charge in [0.05, 0.1) is 12.1 Å². The Balaban J connectivity index is 1.54. The molecule has 1 saturated carbocycles. The van der Waals surface area contributed by atoms with Gasteiger partial charge in [0.25, 0.3) is 0 Å². The summed E-state index contributed by atoms with van der Waals surface area (Å²) in [4.78, 5) is 60.4. The van der Waals surface area contributed by atoms with Gasteiger partial charge in [0.15, 0.2) is 0 Å². The van der Waals surface area contributed by atoms with Crippen LogP contribution in [0.5, 0.6) is 0 Å². The lowest BCUT2D eigenvalue weighted by atomic mass is 9.83. The lowest BCUT2D eigenvalue weighted by Gasteiger charge is -2.36. The average Bonchev–Trinajstić information content (AvgIpc) is 3.61. The van der Waals surface area contributed by atoms with Gasteiger partial charge in [-0.25, -0.2) is 14.2 Å². The van der Waals surface area contributed by atoms with Crippen molar-refractivity contribution >= 4 is 35.0 Å². The predicted octanol–water partition coefficient (Wildman–Crippen LogP) is 4.47. The molecule has 1 aromatic carbocycles. The average molecular weight is 617 g/mol. The normalized spacial score (nSPS) is 20.8. The number of halogens is 1. The van der Waals surface area contributed by atoms with Crippen LogP contribution in [0.1, 0.15) is 93.3 Å². The highest BCUT2D eigenvalue weighted by Crippen LogP contribution is 2.37. The van der Waals surface area contributed by atoms with Crippen LogP contribution in [0.25, 0.3) is 0 Å². The molecule has 2 N–H and O–H groups in total. The summed E-state index contributed by atoms with van der Waals surface area (Å²) >= 11 is 1.22. The van der Waals surface area contributed by atoms with Crippen LogP contribution >= 0.6 is 11.3 Å². The van der Waals surface area contributed by atoms with Gasteiger partial charge in [-0.05, 0) is 70.7 Å². The molecule has 2 aromatic rings. The van der Waals surface area contributed by atoms with E-state index in [0.717, 1.165) is 32.1 Å². The fourth-order valence-corrected chi connectivity index (χ4v) is 6.48. The number of aromatic nitrogens is 1. The Morgan fingerprint density at radius 2 is 1.79 bits per heavy atom. The molecule has 4 atom stereocenters. The third kappa shape index (κ3) is 7.97. The summed E-state index contributed by atoms with van der Waals surface area (Å²) in [6, 6.07) is 2.88. The Bertz CT molecular complexity index is 1320. The Hall–Kier alpha value is -3.38. The van der Waals surface area contributed by atoms with Crippen molar-refractivity contribution in [2.45, 2.75) is 96.1 Å². The summed E-state index contributed by atoms with van der Waals surface area (Å²) in [7, 11) is 1.48. The first kappa shape index (κ1) is 32.5. The Morgan fingerprint density at radius 1 is 1.14 bits per heavy atom. The third-order valence-corrected chi connectivity index (χ3v) is 8.98. The van der Waals surface area contributed by atoms with E-state index in [1.165, 1.54) is 47.5 Å². The monoisotopic (exact) mass is 616 g/mol. The summed E-state index contributed by atoms with van der Waals surface area (Å²) < 4.78 is 18.7. The quantitative estimate of drug-likeness (QED) is 0.419. The molecule has 2 aliphatic rings. The second-order valence-corrected chi connectivity index (χ2v) is 13.3. The van der Waals surface area contributed by atoms with E-state index in [-0.39, 0.29) is 36.3 Å². The zero-order chi connectivity index (χ0) is 31.5. The summed E-state index contributed by atoms with van der Waals surface area (Å²) in [5.41, 5.74) is -0.257. The van der Waals surface area contributed by atoms with E-state index < -0.39 is 47.6 Å². The molecule has 1 aromatic heterocycles. The Labute approximate surface area is 255 Å². The summed E-state index contributed by atoms with van der Waals surface area (Å²) in [5.74, 6) is -1.72. The first-order valence-electron chi connectivity index (χ1n) is 14.8. The molecular weight excluding hydrogens is 575 g/mol. The zero-order valence-corrected chi connectivity index (χ0v) is 26.2. The first-order chi connectivity index (χ1) is 20.2. The van der Waals surface area contributed by atoms with Crippen molar-refractivity contribution in [3.63, 3.8) is 0 Å². The SMILES string of the molecule is C[C@@H](C(=O)N[C@H](C(=O)N1C[C@@H](O)C[C@H]1c1nc(C(=O)c2ccc(F)cc2)cs1)C1CCCCC1)N(C)C(=O)OC(C)(C)C. The van der Waals surface area contributed by atoms with Crippen molar-refractivity contribution in [2.24, 2.45) is 5.92 Å². The van der Waals surface area contributed by atoms with Crippen LogP contribution in [0.15, 0.2) is 29.6 Å². The van der Waals surface area contributed by atoms with Crippen molar-refractivity contribution in [2.75, 3.05) is 13.6 Å². The maximum atomic E-state index is 14.2. The minimum atomic E-state index is -0.896. The number of likely N-dealkylation sites (tertiary alicyclic amines) is 1. The lowest BCUT2D eigenvalue weighted by Crippen LogP contribution is -2.57. The van der Waals surface area contributed by atoms with Crippen LogP contribution in [-0.4, -0.2) is 81.0 Å². The molecule has 12 heteroatoms.